The Kier molecular flexibility index (Phi) is 5.50. The number of hydrogen-bond donors (Lipinski definition) is 3. The molecule has 2 saturated carbocycles. The molecular formula is C18H24F2N4O. The van der Waals surface area contributed by atoms with Gasteiger partial charge in [0.25, 0.3) is 0 Å². The number of hydrogen-bond acceptors (Lipinski definition) is 2. The van der Waals surface area contributed by atoms with E-state index in [1.54, 1.807) is 0 Å². The van der Waals surface area contributed by atoms with Gasteiger partial charge < -0.3 is 16.0 Å². The zero-order valence-electron chi connectivity index (χ0n) is 14.3. The highest BCUT2D eigenvalue weighted by Crippen LogP contribution is 2.43. The molecule has 7 heteroatoms. The molecule has 0 radical (unpaired) electrons. The summed E-state index contributed by atoms with van der Waals surface area (Å²) in [4.78, 5) is 16.0. The summed E-state index contributed by atoms with van der Waals surface area (Å²) < 4.78 is 27.7. The molecular weight excluding hydrogens is 326 g/mol. The van der Waals surface area contributed by atoms with Crippen molar-refractivity contribution < 1.29 is 13.6 Å². The number of rotatable bonds is 7. The highest BCUT2D eigenvalue weighted by Gasteiger charge is 2.42. The smallest absolute Gasteiger partial charge is 0.223 e. The third-order valence-corrected chi connectivity index (χ3v) is 4.46. The number of aliphatic imine (C=N–C) groups is 1. The fraction of sp³-hybridized carbons (Fsp3) is 0.556. The van der Waals surface area contributed by atoms with Gasteiger partial charge >= 0.3 is 0 Å². The molecule has 0 spiro atoms. The number of benzene rings is 1. The van der Waals surface area contributed by atoms with Gasteiger partial charge in [-0.1, -0.05) is 6.07 Å². The number of nitrogens with one attached hydrogen (secondary N) is 3. The first-order valence-electron chi connectivity index (χ1n) is 8.86. The van der Waals surface area contributed by atoms with Gasteiger partial charge in [-0.15, -0.1) is 0 Å². The highest BCUT2D eigenvalue weighted by atomic mass is 19.1. The van der Waals surface area contributed by atoms with Crippen LogP contribution in [0.2, 0.25) is 0 Å². The lowest BCUT2D eigenvalue weighted by atomic mass is 10.1. The molecule has 1 aromatic rings. The molecule has 3 rings (SSSR count). The highest BCUT2D eigenvalue weighted by molar-refractivity contribution is 5.81. The molecule has 2 fully saturated rings. The minimum Gasteiger partial charge on any atom is -0.357 e. The second kappa shape index (κ2) is 7.80. The summed E-state index contributed by atoms with van der Waals surface area (Å²) in [6, 6.07) is 3.91. The normalized spacial score (nSPS) is 22.4. The summed E-state index contributed by atoms with van der Waals surface area (Å²) in [5.41, 5.74) is 0.146. The number of amides is 1. The molecule has 1 aromatic carbocycles. The molecule has 1 amide bonds. The second-order valence-electron chi connectivity index (χ2n) is 6.55. The van der Waals surface area contributed by atoms with Crippen molar-refractivity contribution in [2.24, 2.45) is 10.9 Å². The van der Waals surface area contributed by atoms with E-state index >= 15 is 0 Å². The van der Waals surface area contributed by atoms with Gasteiger partial charge in [0.1, 0.15) is 11.6 Å². The van der Waals surface area contributed by atoms with Crippen LogP contribution in [0.5, 0.6) is 0 Å². The lowest BCUT2D eigenvalue weighted by molar-refractivity contribution is -0.122. The summed E-state index contributed by atoms with van der Waals surface area (Å²) in [5, 5.41) is 9.19. The standard InChI is InChI=1S/C18H24F2N4O/c1-2-21-18(23-9-8-22-17(25)11-6-7-11)24-15-10-12(15)16-13(19)4-3-5-14(16)20/h3-5,11-12,15H,2,6-10H2,1H3,(H,22,25)(H2,21,23,24). The number of nitrogens with zero attached hydrogens (tertiary/aromatic N) is 1. The molecule has 3 N–H and O–H groups in total. The van der Waals surface area contributed by atoms with Gasteiger partial charge in [0.2, 0.25) is 5.91 Å². The summed E-state index contributed by atoms with van der Waals surface area (Å²) in [7, 11) is 0. The molecule has 136 valence electrons. The minimum atomic E-state index is -0.501. The predicted octanol–water partition coefficient (Wildman–Crippen LogP) is 1.90. The van der Waals surface area contributed by atoms with Crippen molar-refractivity contribution in [3.63, 3.8) is 0 Å². The fourth-order valence-corrected chi connectivity index (χ4v) is 2.87. The average Bonchev–Trinajstić information content (AvgIpc) is 3.46. The van der Waals surface area contributed by atoms with Crippen LogP contribution >= 0.6 is 0 Å². The Bertz CT molecular complexity index is 640. The second-order valence-corrected chi connectivity index (χ2v) is 6.55. The molecule has 0 bridgehead atoms. The number of halogens is 2. The number of carbonyl (C=O) groups is 1. The Hall–Kier alpha value is -2.18. The molecule has 0 heterocycles. The van der Waals surface area contributed by atoms with E-state index in [2.05, 4.69) is 20.9 Å². The Balaban J connectivity index is 1.50. The van der Waals surface area contributed by atoms with Gasteiger partial charge in [0.15, 0.2) is 5.96 Å². The van der Waals surface area contributed by atoms with Crippen molar-refractivity contribution >= 4 is 11.9 Å². The summed E-state index contributed by atoms with van der Waals surface area (Å²) in [6.45, 7) is 3.58. The van der Waals surface area contributed by atoms with Crippen LogP contribution in [0, 0.1) is 17.6 Å². The Morgan fingerprint density at radius 2 is 1.96 bits per heavy atom. The van der Waals surface area contributed by atoms with E-state index in [4.69, 9.17) is 0 Å². The van der Waals surface area contributed by atoms with Gasteiger partial charge in [-0.3, -0.25) is 9.79 Å². The Labute approximate surface area is 146 Å². The van der Waals surface area contributed by atoms with Gasteiger partial charge in [0.05, 0.1) is 6.54 Å². The van der Waals surface area contributed by atoms with Gasteiger partial charge in [-0.2, -0.15) is 0 Å². The molecule has 2 aliphatic carbocycles. The fourth-order valence-electron chi connectivity index (χ4n) is 2.87. The van der Waals surface area contributed by atoms with Crippen LogP contribution in [-0.4, -0.2) is 37.5 Å². The van der Waals surface area contributed by atoms with Crippen LogP contribution < -0.4 is 16.0 Å². The van der Waals surface area contributed by atoms with Crippen LogP contribution in [0.3, 0.4) is 0 Å². The maximum absolute atomic E-state index is 13.8. The van der Waals surface area contributed by atoms with Crippen LogP contribution in [0.15, 0.2) is 23.2 Å². The minimum absolute atomic E-state index is 0.0368. The van der Waals surface area contributed by atoms with Gasteiger partial charge in [-0.05, 0) is 38.3 Å². The van der Waals surface area contributed by atoms with E-state index in [-0.39, 0.29) is 29.3 Å². The number of guanidine groups is 1. The van der Waals surface area contributed by atoms with Gasteiger partial charge in [0, 0.05) is 36.5 Å². The molecule has 5 nitrogen and oxygen atoms in total. The molecule has 0 saturated heterocycles. The largest absolute Gasteiger partial charge is 0.357 e. The van der Waals surface area contributed by atoms with Crippen LogP contribution in [0.25, 0.3) is 0 Å². The van der Waals surface area contributed by atoms with Crippen LogP contribution in [0.4, 0.5) is 8.78 Å². The lowest BCUT2D eigenvalue weighted by Gasteiger charge is -2.12. The summed E-state index contributed by atoms with van der Waals surface area (Å²) in [6.07, 6.45) is 2.63. The molecule has 0 aromatic heterocycles. The first kappa shape index (κ1) is 17.6. The molecule has 0 aliphatic heterocycles. The van der Waals surface area contributed by atoms with Crippen molar-refractivity contribution in [2.75, 3.05) is 19.6 Å². The Morgan fingerprint density at radius 3 is 2.60 bits per heavy atom. The van der Waals surface area contributed by atoms with Crippen molar-refractivity contribution in [3.8, 4) is 0 Å². The first-order valence-corrected chi connectivity index (χ1v) is 8.86. The monoisotopic (exact) mass is 350 g/mol. The maximum Gasteiger partial charge on any atom is 0.223 e. The van der Waals surface area contributed by atoms with Crippen LogP contribution in [0.1, 0.15) is 37.7 Å². The average molecular weight is 350 g/mol. The van der Waals surface area contributed by atoms with E-state index in [0.717, 1.165) is 12.8 Å². The van der Waals surface area contributed by atoms with E-state index in [0.29, 0.717) is 32.0 Å². The zero-order valence-corrected chi connectivity index (χ0v) is 14.3. The predicted molar refractivity (Wildman–Crippen MR) is 92.4 cm³/mol. The van der Waals surface area contributed by atoms with Crippen molar-refractivity contribution in [1.82, 2.24) is 16.0 Å². The molecule has 2 unspecified atom stereocenters. The van der Waals surface area contributed by atoms with Crippen LogP contribution in [-0.2, 0) is 4.79 Å². The Morgan fingerprint density at radius 1 is 1.24 bits per heavy atom. The SMILES string of the molecule is CCNC(=NCCNC(=O)C1CC1)NC1CC1c1c(F)cccc1F. The third-order valence-electron chi connectivity index (χ3n) is 4.46. The zero-order chi connectivity index (χ0) is 17.8. The van der Waals surface area contributed by atoms with Crippen molar-refractivity contribution in [3.05, 3.63) is 35.4 Å². The summed E-state index contributed by atoms with van der Waals surface area (Å²) >= 11 is 0. The van der Waals surface area contributed by atoms with Gasteiger partial charge in [-0.25, -0.2) is 8.78 Å². The molecule has 2 atom stereocenters. The van der Waals surface area contributed by atoms with E-state index in [1.807, 2.05) is 6.92 Å². The summed E-state index contributed by atoms with van der Waals surface area (Å²) in [5.74, 6) is -0.284. The van der Waals surface area contributed by atoms with Crippen molar-refractivity contribution in [2.45, 2.75) is 38.1 Å². The number of carbonyl (C=O) groups excluding carboxylic acids is 1. The quantitative estimate of drug-likeness (QED) is 0.400. The van der Waals surface area contributed by atoms with E-state index in [9.17, 15) is 13.6 Å². The van der Waals surface area contributed by atoms with E-state index in [1.165, 1.54) is 18.2 Å². The maximum atomic E-state index is 13.8. The lowest BCUT2D eigenvalue weighted by Crippen LogP contribution is -2.39. The molecule has 2 aliphatic rings. The third kappa shape index (κ3) is 4.67. The first-order chi connectivity index (χ1) is 12.1. The van der Waals surface area contributed by atoms with Crippen molar-refractivity contribution in [1.29, 1.82) is 0 Å². The van der Waals surface area contributed by atoms with E-state index < -0.39 is 11.6 Å². The topological polar surface area (TPSA) is 65.5 Å². The molecule has 25 heavy (non-hydrogen) atoms.